The molecule has 0 spiro atoms. The van der Waals surface area contributed by atoms with Crippen molar-refractivity contribution in [1.82, 2.24) is 4.98 Å². The van der Waals surface area contributed by atoms with E-state index in [9.17, 15) is 8.78 Å². The molecule has 2 N–H and O–H groups in total. The maximum absolute atomic E-state index is 12.9. The molecule has 2 unspecified atom stereocenters. The predicted octanol–water partition coefficient (Wildman–Crippen LogP) is 2.45. The van der Waals surface area contributed by atoms with Gasteiger partial charge in [0, 0.05) is 6.92 Å². The molecule has 1 aromatic rings. The lowest BCUT2D eigenvalue weighted by molar-refractivity contribution is -0.00866. The number of alkyl halides is 2. The summed E-state index contributed by atoms with van der Waals surface area (Å²) in [4.78, 5) is 3.83. The van der Waals surface area contributed by atoms with Crippen molar-refractivity contribution < 1.29 is 13.2 Å². The van der Waals surface area contributed by atoms with Crippen molar-refractivity contribution in [2.75, 3.05) is 0 Å². The van der Waals surface area contributed by atoms with E-state index in [4.69, 9.17) is 10.2 Å². The highest BCUT2D eigenvalue weighted by molar-refractivity contribution is 5.05. The number of oxazole rings is 1. The lowest BCUT2D eigenvalue weighted by Crippen LogP contribution is -2.18. The molecule has 0 saturated carbocycles. The second-order valence-electron chi connectivity index (χ2n) is 3.57. The van der Waals surface area contributed by atoms with E-state index in [1.165, 1.54) is 13.1 Å². The number of halogens is 2. The molecule has 0 fully saturated rings. The molecule has 1 heterocycles. The number of nitrogens with zero attached hydrogens (tertiary/aromatic N) is 1. The van der Waals surface area contributed by atoms with Gasteiger partial charge in [-0.05, 0) is 13.8 Å². The van der Waals surface area contributed by atoms with E-state index in [0.29, 0.717) is 0 Å². The zero-order chi connectivity index (χ0) is 10.9. The minimum absolute atomic E-state index is 0.171. The zero-order valence-electron chi connectivity index (χ0n) is 8.42. The van der Waals surface area contributed by atoms with Gasteiger partial charge in [-0.1, -0.05) is 0 Å². The number of hydrogen-bond acceptors (Lipinski definition) is 3. The Kier molecular flexibility index (Phi) is 2.89. The van der Waals surface area contributed by atoms with Crippen molar-refractivity contribution in [3.8, 4) is 0 Å². The van der Waals surface area contributed by atoms with Crippen molar-refractivity contribution in [2.45, 2.75) is 38.7 Å². The summed E-state index contributed by atoms with van der Waals surface area (Å²) in [6, 6.07) is -0.374. The van der Waals surface area contributed by atoms with E-state index in [0.717, 1.165) is 6.92 Å². The highest BCUT2D eigenvalue weighted by Gasteiger charge is 2.34. The van der Waals surface area contributed by atoms with Crippen LogP contribution in [-0.2, 0) is 0 Å². The summed E-state index contributed by atoms with van der Waals surface area (Å²) in [6.45, 7) is 3.93. The van der Waals surface area contributed by atoms with Crippen LogP contribution in [0.1, 0.15) is 44.4 Å². The average molecular weight is 204 g/mol. The van der Waals surface area contributed by atoms with Crippen molar-refractivity contribution in [2.24, 2.45) is 5.73 Å². The van der Waals surface area contributed by atoms with Crippen molar-refractivity contribution in [1.29, 1.82) is 0 Å². The van der Waals surface area contributed by atoms with E-state index < -0.39 is 11.8 Å². The SMILES string of the molecule is CC(N)c1ncc(C(C)C(C)(F)F)o1. The number of nitrogens with two attached hydrogens (primary N) is 1. The monoisotopic (exact) mass is 204 g/mol. The minimum Gasteiger partial charge on any atom is -0.444 e. The molecule has 0 aliphatic rings. The van der Waals surface area contributed by atoms with Crippen LogP contribution in [0.4, 0.5) is 8.78 Å². The molecule has 0 radical (unpaired) electrons. The van der Waals surface area contributed by atoms with Crippen molar-refractivity contribution in [3.05, 3.63) is 17.8 Å². The fourth-order valence-electron chi connectivity index (χ4n) is 0.961. The summed E-state index contributed by atoms with van der Waals surface area (Å²) >= 11 is 0. The quantitative estimate of drug-likeness (QED) is 0.822. The molecule has 0 saturated heterocycles. The van der Waals surface area contributed by atoms with E-state index in [2.05, 4.69) is 4.98 Å². The van der Waals surface area contributed by atoms with Crippen molar-refractivity contribution >= 4 is 0 Å². The van der Waals surface area contributed by atoms with Gasteiger partial charge in [-0.15, -0.1) is 0 Å². The van der Waals surface area contributed by atoms with Gasteiger partial charge < -0.3 is 10.2 Å². The van der Waals surface area contributed by atoms with Gasteiger partial charge >= 0.3 is 0 Å². The number of rotatable bonds is 3. The summed E-state index contributed by atoms with van der Waals surface area (Å²) in [5.41, 5.74) is 5.49. The Morgan fingerprint density at radius 3 is 2.43 bits per heavy atom. The van der Waals surface area contributed by atoms with Gasteiger partial charge in [-0.3, -0.25) is 0 Å². The summed E-state index contributed by atoms with van der Waals surface area (Å²) < 4.78 is 30.9. The summed E-state index contributed by atoms with van der Waals surface area (Å²) in [6.07, 6.45) is 1.31. The third-order valence-corrected chi connectivity index (χ3v) is 2.12. The summed E-state index contributed by atoms with van der Waals surface area (Å²) in [5.74, 6) is -3.34. The smallest absolute Gasteiger partial charge is 0.254 e. The molecule has 0 aliphatic carbocycles. The van der Waals surface area contributed by atoms with Gasteiger partial charge in [-0.2, -0.15) is 0 Å². The lowest BCUT2D eigenvalue weighted by atomic mass is 10.0. The third-order valence-electron chi connectivity index (χ3n) is 2.12. The molecule has 2 atom stereocenters. The first kappa shape index (κ1) is 11.1. The van der Waals surface area contributed by atoms with Crippen LogP contribution < -0.4 is 5.73 Å². The van der Waals surface area contributed by atoms with Gasteiger partial charge in [0.2, 0.25) is 5.89 Å². The van der Waals surface area contributed by atoms with Crippen LogP contribution in [0.3, 0.4) is 0 Å². The van der Waals surface area contributed by atoms with Gasteiger partial charge in [0.15, 0.2) is 0 Å². The number of aromatic nitrogens is 1. The Balaban J connectivity index is 2.87. The predicted molar refractivity (Wildman–Crippen MR) is 48.1 cm³/mol. The molecular formula is C9H14F2N2O. The summed E-state index contributed by atoms with van der Waals surface area (Å²) in [7, 11) is 0. The van der Waals surface area contributed by atoms with Crippen LogP contribution in [0.5, 0.6) is 0 Å². The molecule has 0 bridgehead atoms. The Hall–Kier alpha value is -0.970. The van der Waals surface area contributed by atoms with Crippen LogP contribution in [0, 0.1) is 0 Å². The molecule has 1 aromatic heterocycles. The highest BCUT2D eigenvalue weighted by Crippen LogP contribution is 2.33. The molecule has 5 heteroatoms. The Morgan fingerprint density at radius 1 is 1.50 bits per heavy atom. The molecule has 0 aromatic carbocycles. The fraction of sp³-hybridized carbons (Fsp3) is 0.667. The molecule has 0 aliphatic heterocycles. The van der Waals surface area contributed by atoms with Crippen LogP contribution >= 0.6 is 0 Å². The molecule has 80 valence electrons. The Bertz CT molecular complexity index is 304. The van der Waals surface area contributed by atoms with Crippen molar-refractivity contribution in [3.63, 3.8) is 0 Å². The highest BCUT2D eigenvalue weighted by atomic mass is 19.3. The van der Waals surface area contributed by atoms with Gasteiger partial charge in [0.05, 0.1) is 18.2 Å². The first-order chi connectivity index (χ1) is 6.32. The second-order valence-corrected chi connectivity index (χ2v) is 3.57. The van der Waals surface area contributed by atoms with Gasteiger partial charge in [0.25, 0.3) is 5.92 Å². The first-order valence-electron chi connectivity index (χ1n) is 4.41. The minimum atomic E-state index is -2.81. The van der Waals surface area contributed by atoms with Crippen LogP contribution in [0.25, 0.3) is 0 Å². The Labute approximate surface area is 81.3 Å². The van der Waals surface area contributed by atoms with Crippen LogP contribution in [0.2, 0.25) is 0 Å². The molecule has 14 heavy (non-hydrogen) atoms. The fourth-order valence-corrected chi connectivity index (χ4v) is 0.961. The molecule has 1 rings (SSSR count). The molecular weight excluding hydrogens is 190 g/mol. The molecule has 0 amide bonds. The second kappa shape index (κ2) is 3.65. The number of hydrogen-bond donors (Lipinski definition) is 1. The van der Waals surface area contributed by atoms with E-state index in [1.807, 2.05) is 0 Å². The third kappa shape index (κ3) is 2.29. The van der Waals surface area contributed by atoms with E-state index in [-0.39, 0.29) is 17.7 Å². The van der Waals surface area contributed by atoms with Gasteiger partial charge in [0.1, 0.15) is 5.76 Å². The largest absolute Gasteiger partial charge is 0.444 e. The van der Waals surface area contributed by atoms with Crippen LogP contribution in [0.15, 0.2) is 10.6 Å². The standard InChI is InChI=1S/C9H14F2N2O/c1-5(9(3,10)11)7-4-13-8(14-7)6(2)12/h4-6H,12H2,1-3H3. The summed E-state index contributed by atoms with van der Waals surface area (Å²) in [5, 5.41) is 0. The molecule has 3 nitrogen and oxygen atoms in total. The first-order valence-corrected chi connectivity index (χ1v) is 4.41. The van der Waals surface area contributed by atoms with E-state index in [1.54, 1.807) is 6.92 Å². The van der Waals surface area contributed by atoms with E-state index >= 15 is 0 Å². The average Bonchev–Trinajstić information content (AvgIpc) is 2.48. The maximum Gasteiger partial charge on any atom is 0.254 e. The van der Waals surface area contributed by atoms with Gasteiger partial charge in [-0.25, -0.2) is 13.8 Å². The Morgan fingerprint density at radius 2 is 2.07 bits per heavy atom. The lowest BCUT2D eigenvalue weighted by Gasteiger charge is -2.16. The topological polar surface area (TPSA) is 52.0 Å². The van der Waals surface area contributed by atoms with Crippen LogP contribution in [-0.4, -0.2) is 10.9 Å². The maximum atomic E-state index is 12.9. The normalized spacial score (nSPS) is 16.7. The zero-order valence-corrected chi connectivity index (χ0v) is 8.42.